The first kappa shape index (κ1) is 19.5. The van der Waals surface area contributed by atoms with E-state index in [4.69, 9.17) is 0 Å². The first-order valence-corrected chi connectivity index (χ1v) is 10.7. The van der Waals surface area contributed by atoms with Crippen LogP contribution in [0.25, 0.3) is 11.1 Å². The summed E-state index contributed by atoms with van der Waals surface area (Å²) in [5, 5.41) is 2.34. The van der Waals surface area contributed by atoms with Crippen LogP contribution in [0.4, 0.5) is 5.69 Å². The molecule has 4 amide bonds. The molecule has 3 aliphatic heterocycles. The molecule has 5 rings (SSSR count). The number of carbonyl (C=O) groups is 4. The molecule has 0 aromatic heterocycles. The van der Waals surface area contributed by atoms with Gasteiger partial charge < -0.3 is 9.80 Å². The summed E-state index contributed by atoms with van der Waals surface area (Å²) >= 11 is 0. The largest absolute Gasteiger partial charge is 0.322 e. The van der Waals surface area contributed by atoms with Gasteiger partial charge in [0.05, 0.1) is 0 Å². The summed E-state index contributed by atoms with van der Waals surface area (Å²) in [6.07, 6.45) is 3.13. The van der Waals surface area contributed by atoms with Crippen LogP contribution in [0, 0.1) is 0 Å². The van der Waals surface area contributed by atoms with Gasteiger partial charge in [0.2, 0.25) is 17.7 Å². The van der Waals surface area contributed by atoms with Crippen LogP contribution < -0.4 is 10.2 Å². The van der Waals surface area contributed by atoms with Crippen molar-refractivity contribution in [1.29, 1.82) is 0 Å². The van der Waals surface area contributed by atoms with Crippen molar-refractivity contribution < 1.29 is 19.2 Å². The SMILES string of the molecule is O=C1CCC(N2Cc3c(cccc3-c3ccc(N4CCCCC4=O)cc3)C2=O)C(=O)N1. The number of amides is 4. The number of anilines is 1. The molecule has 1 unspecified atom stereocenters. The Balaban J connectivity index is 1.42. The number of hydrogen-bond donors (Lipinski definition) is 1. The van der Waals surface area contributed by atoms with Gasteiger partial charge in [-0.05, 0) is 54.2 Å². The molecule has 1 atom stereocenters. The topological polar surface area (TPSA) is 86.8 Å². The number of rotatable bonds is 3. The van der Waals surface area contributed by atoms with Gasteiger partial charge in [0, 0.05) is 37.2 Å². The molecule has 2 aromatic carbocycles. The Morgan fingerprint density at radius 2 is 1.65 bits per heavy atom. The van der Waals surface area contributed by atoms with Crippen molar-refractivity contribution in [2.75, 3.05) is 11.4 Å². The van der Waals surface area contributed by atoms with Gasteiger partial charge in [-0.25, -0.2) is 0 Å². The zero-order valence-corrected chi connectivity index (χ0v) is 17.1. The molecule has 2 saturated heterocycles. The van der Waals surface area contributed by atoms with Crippen molar-refractivity contribution in [1.82, 2.24) is 10.2 Å². The minimum absolute atomic E-state index is 0.157. The van der Waals surface area contributed by atoms with E-state index in [0.29, 0.717) is 24.9 Å². The molecule has 0 spiro atoms. The molecule has 7 heteroatoms. The highest BCUT2D eigenvalue weighted by atomic mass is 16.2. The predicted octanol–water partition coefficient (Wildman–Crippen LogP) is 2.63. The van der Waals surface area contributed by atoms with Crippen LogP contribution >= 0.6 is 0 Å². The van der Waals surface area contributed by atoms with Gasteiger partial charge in [0.15, 0.2) is 0 Å². The first-order chi connectivity index (χ1) is 15.0. The van der Waals surface area contributed by atoms with Gasteiger partial charge in [-0.3, -0.25) is 24.5 Å². The zero-order chi connectivity index (χ0) is 21.5. The third-order valence-electron chi connectivity index (χ3n) is 6.40. The second kappa shape index (κ2) is 7.65. The minimum atomic E-state index is -0.627. The fraction of sp³-hybridized carbons (Fsp3) is 0.333. The Kier molecular flexibility index (Phi) is 4.81. The van der Waals surface area contributed by atoms with E-state index in [9.17, 15) is 19.2 Å². The standard InChI is InChI=1S/C24H23N3O4/c28-21-12-11-20(23(30)25-21)27-14-19-17(4-3-5-18(19)24(27)31)15-7-9-16(10-8-15)26-13-2-1-6-22(26)29/h3-5,7-10,20H,1-2,6,11-14H2,(H,25,28,30). The van der Waals surface area contributed by atoms with Crippen LogP contribution in [0.5, 0.6) is 0 Å². The van der Waals surface area contributed by atoms with Crippen molar-refractivity contribution in [2.24, 2.45) is 0 Å². The summed E-state index contributed by atoms with van der Waals surface area (Å²) in [5.74, 6) is -0.722. The molecule has 1 N–H and O–H groups in total. The molecule has 0 bridgehead atoms. The maximum absolute atomic E-state index is 13.0. The third kappa shape index (κ3) is 3.40. The number of imide groups is 1. The first-order valence-electron chi connectivity index (χ1n) is 10.7. The van der Waals surface area contributed by atoms with E-state index >= 15 is 0 Å². The fourth-order valence-corrected chi connectivity index (χ4v) is 4.76. The predicted molar refractivity (Wildman–Crippen MR) is 114 cm³/mol. The van der Waals surface area contributed by atoms with Crippen LogP contribution in [-0.2, 0) is 20.9 Å². The zero-order valence-electron chi connectivity index (χ0n) is 17.1. The minimum Gasteiger partial charge on any atom is -0.322 e. The molecule has 158 valence electrons. The number of nitrogens with zero attached hydrogens (tertiary/aromatic N) is 2. The van der Waals surface area contributed by atoms with Gasteiger partial charge in [0.25, 0.3) is 5.91 Å². The van der Waals surface area contributed by atoms with E-state index in [2.05, 4.69) is 5.32 Å². The number of nitrogens with one attached hydrogen (secondary N) is 1. The van der Waals surface area contributed by atoms with Crippen molar-refractivity contribution >= 4 is 29.3 Å². The molecule has 0 saturated carbocycles. The Morgan fingerprint density at radius 1 is 0.871 bits per heavy atom. The highest BCUT2D eigenvalue weighted by molar-refractivity contribution is 6.06. The van der Waals surface area contributed by atoms with Crippen molar-refractivity contribution in [3.63, 3.8) is 0 Å². The van der Waals surface area contributed by atoms with Crippen LogP contribution in [0.3, 0.4) is 0 Å². The smallest absolute Gasteiger partial charge is 0.255 e. The van der Waals surface area contributed by atoms with Gasteiger partial charge in [0.1, 0.15) is 6.04 Å². The molecule has 7 nitrogen and oxygen atoms in total. The summed E-state index contributed by atoms with van der Waals surface area (Å²) in [6.45, 7) is 1.08. The van der Waals surface area contributed by atoms with E-state index in [0.717, 1.165) is 41.8 Å². The summed E-state index contributed by atoms with van der Waals surface area (Å²) < 4.78 is 0. The van der Waals surface area contributed by atoms with Crippen LogP contribution in [0.1, 0.15) is 48.0 Å². The van der Waals surface area contributed by atoms with Gasteiger partial charge in [-0.15, -0.1) is 0 Å². The number of fused-ring (bicyclic) bond motifs is 1. The maximum atomic E-state index is 13.0. The Hall–Kier alpha value is -3.48. The van der Waals surface area contributed by atoms with Gasteiger partial charge in [-0.2, -0.15) is 0 Å². The van der Waals surface area contributed by atoms with Crippen molar-refractivity contribution in [2.45, 2.75) is 44.7 Å². The van der Waals surface area contributed by atoms with E-state index in [1.54, 1.807) is 11.0 Å². The third-order valence-corrected chi connectivity index (χ3v) is 6.40. The van der Waals surface area contributed by atoms with E-state index in [1.165, 1.54) is 0 Å². The van der Waals surface area contributed by atoms with E-state index in [1.807, 2.05) is 41.3 Å². The molecule has 0 aliphatic carbocycles. The fourth-order valence-electron chi connectivity index (χ4n) is 4.76. The molecule has 31 heavy (non-hydrogen) atoms. The Morgan fingerprint density at radius 3 is 2.39 bits per heavy atom. The monoisotopic (exact) mass is 417 g/mol. The van der Waals surface area contributed by atoms with E-state index < -0.39 is 11.9 Å². The molecule has 2 aromatic rings. The van der Waals surface area contributed by atoms with Crippen molar-refractivity contribution in [3.8, 4) is 11.1 Å². The highest BCUT2D eigenvalue weighted by Crippen LogP contribution is 2.35. The lowest BCUT2D eigenvalue weighted by Crippen LogP contribution is -2.52. The lowest BCUT2D eigenvalue weighted by molar-refractivity contribution is -0.137. The quantitative estimate of drug-likeness (QED) is 0.778. The average Bonchev–Trinajstić information content (AvgIpc) is 3.11. The average molecular weight is 417 g/mol. The summed E-state index contributed by atoms with van der Waals surface area (Å²) in [7, 11) is 0. The molecule has 2 fully saturated rings. The molecular formula is C24H23N3O4. The number of piperidine rings is 2. The molecular weight excluding hydrogens is 394 g/mol. The molecule has 3 heterocycles. The summed E-state index contributed by atoms with van der Waals surface area (Å²) in [6, 6.07) is 12.8. The number of carbonyl (C=O) groups excluding carboxylic acids is 4. The molecule has 0 radical (unpaired) electrons. The van der Waals surface area contributed by atoms with Crippen molar-refractivity contribution in [3.05, 3.63) is 53.6 Å². The second-order valence-corrected chi connectivity index (χ2v) is 8.28. The maximum Gasteiger partial charge on any atom is 0.255 e. The number of hydrogen-bond acceptors (Lipinski definition) is 4. The lowest BCUT2D eigenvalue weighted by Gasteiger charge is -2.29. The second-order valence-electron chi connectivity index (χ2n) is 8.28. The van der Waals surface area contributed by atoms with Gasteiger partial charge >= 0.3 is 0 Å². The molecule has 3 aliphatic rings. The van der Waals surface area contributed by atoms with Crippen LogP contribution in [0.2, 0.25) is 0 Å². The van der Waals surface area contributed by atoms with E-state index in [-0.39, 0.29) is 24.1 Å². The van der Waals surface area contributed by atoms with Crippen LogP contribution in [0.15, 0.2) is 42.5 Å². The van der Waals surface area contributed by atoms with Crippen LogP contribution in [-0.4, -0.2) is 41.1 Å². The van der Waals surface area contributed by atoms with Gasteiger partial charge in [-0.1, -0.05) is 24.3 Å². The Bertz CT molecular complexity index is 1090. The normalized spacial score (nSPS) is 21.4. The number of benzene rings is 2. The Labute approximate surface area is 180 Å². The lowest BCUT2D eigenvalue weighted by atomic mass is 9.96. The summed E-state index contributed by atoms with van der Waals surface area (Å²) in [5.41, 5.74) is 4.28. The summed E-state index contributed by atoms with van der Waals surface area (Å²) in [4.78, 5) is 52.4. The highest BCUT2D eigenvalue weighted by Gasteiger charge is 2.39.